The highest BCUT2D eigenvalue weighted by Gasteiger charge is 2.06. The minimum Gasteiger partial charge on any atom is -0.481 e. The molecule has 3 N–H and O–H groups in total. The van der Waals surface area contributed by atoms with Crippen LogP contribution in [0.4, 0.5) is 0 Å². The van der Waals surface area contributed by atoms with Crippen molar-refractivity contribution in [1.29, 1.82) is 10.8 Å². The van der Waals surface area contributed by atoms with Crippen molar-refractivity contribution in [2.24, 2.45) is 0 Å². The molecule has 0 aliphatic rings. The molecule has 18 heavy (non-hydrogen) atoms. The molecule has 0 aliphatic heterocycles. The van der Waals surface area contributed by atoms with Gasteiger partial charge in [-0.05, 0) is 37.1 Å². The lowest BCUT2D eigenvalue weighted by Gasteiger charge is -2.07. The fourth-order valence-corrected chi connectivity index (χ4v) is 2.34. The number of hydrogen-bond donors (Lipinski definition) is 3. The lowest BCUT2D eigenvalue weighted by molar-refractivity contribution is -0.136. The van der Waals surface area contributed by atoms with Crippen LogP contribution < -0.4 is 0 Å². The summed E-state index contributed by atoms with van der Waals surface area (Å²) < 4.78 is 0. The van der Waals surface area contributed by atoms with Crippen LogP contribution in [0.1, 0.15) is 18.1 Å². The van der Waals surface area contributed by atoms with Crippen molar-refractivity contribution in [3.63, 3.8) is 0 Å². The molecule has 4 nitrogen and oxygen atoms in total. The predicted molar refractivity (Wildman–Crippen MR) is 74.4 cm³/mol. The molecule has 1 aromatic carbocycles. The van der Waals surface area contributed by atoms with Gasteiger partial charge in [0, 0.05) is 16.4 Å². The smallest absolute Gasteiger partial charge is 0.307 e. The topological polar surface area (TPSA) is 85.0 Å². The maximum Gasteiger partial charge on any atom is 0.307 e. The standard InChI is InChI=1S/C13H16N2O2S/c1-8-5-11(18-7-12(15)9(2)14)4-3-10(8)6-13(16)17/h3-5,14-15H,6-7H2,1-2H3,(H,16,17). The van der Waals surface area contributed by atoms with E-state index < -0.39 is 5.97 Å². The Balaban J connectivity index is 2.70. The zero-order chi connectivity index (χ0) is 13.7. The van der Waals surface area contributed by atoms with Crippen LogP contribution in [-0.4, -0.2) is 28.3 Å². The van der Waals surface area contributed by atoms with E-state index in [1.54, 1.807) is 6.92 Å². The van der Waals surface area contributed by atoms with Gasteiger partial charge in [-0.25, -0.2) is 0 Å². The number of aryl methyl sites for hydroxylation is 1. The van der Waals surface area contributed by atoms with E-state index in [1.165, 1.54) is 11.8 Å². The largest absolute Gasteiger partial charge is 0.481 e. The molecule has 0 spiro atoms. The Morgan fingerprint density at radius 2 is 2.06 bits per heavy atom. The Labute approximate surface area is 110 Å². The monoisotopic (exact) mass is 264 g/mol. The molecule has 96 valence electrons. The van der Waals surface area contributed by atoms with E-state index in [2.05, 4.69) is 0 Å². The van der Waals surface area contributed by atoms with Crippen molar-refractivity contribution in [1.82, 2.24) is 0 Å². The number of carbonyl (C=O) groups is 1. The minimum atomic E-state index is -0.834. The number of aliphatic carboxylic acids is 1. The van der Waals surface area contributed by atoms with Crippen molar-refractivity contribution in [3.05, 3.63) is 29.3 Å². The maximum atomic E-state index is 10.6. The summed E-state index contributed by atoms with van der Waals surface area (Å²) in [4.78, 5) is 11.6. The second-order valence-electron chi connectivity index (χ2n) is 4.05. The van der Waals surface area contributed by atoms with E-state index in [-0.39, 0.29) is 12.1 Å². The first-order valence-corrected chi connectivity index (χ1v) is 6.45. The second-order valence-corrected chi connectivity index (χ2v) is 5.10. The molecule has 0 fully saturated rings. The molecule has 0 aliphatic carbocycles. The molecule has 0 aromatic heterocycles. The van der Waals surface area contributed by atoms with E-state index in [4.69, 9.17) is 15.9 Å². The summed E-state index contributed by atoms with van der Waals surface area (Å²) in [5.74, 6) is -0.368. The summed E-state index contributed by atoms with van der Waals surface area (Å²) in [5.41, 5.74) is 2.35. The predicted octanol–water partition coefficient (Wildman–Crippen LogP) is 2.77. The molecule has 5 heteroatoms. The summed E-state index contributed by atoms with van der Waals surface area (Å²) in [7, 11) is 0. The summed E-state index contributed by atoms with van der Waals surface area (Å²) in [6.45, 7) is 3.49. The van der Waals surface area contributed by atoms with Crippen molar-refractivity contribution >= 4 is 29.2 Å². The first kappa shape index (κ1) is 14.4. The van der Waals surface area contributed by atoms with Gasteiger partial charge in [0.25, 0.3) is 0 Å². The Morgan fingerprint density at radius 1 is 1.39 bits per heavy atom. The molecule has 0 unspecified atom stereocenters. The summed E-state index contributed by atoms with van der Waals surface area (Å²) in [6.07, 6.45) is 0.0339. The fourth-order valence-electron chi connectivity index (χ4n) is 1.38. The van der Waals surface area contributed by atoms with Crippen LogP contribution in [0.25, 0.3) is 0 Å². The van der Waals surface area contributed by atoms with Gasteiger partial charge in [-0.15, -0.1) is 11.8 Å². The van der Waals surface area contributed by atoms with E-state index in [0.29, 0.717) is 11.5 Å². The van der Waals surface area contributed by atoms with E-state index in [9.17, 15) is 4.79 Å². The lowest BCUT2D eigenvalue weighted by atomic mass is 10.1. The molecule has 1 rings (SSSR count). The van der Waals surface area contributed by atoms with Gasteiger partial charge in [-0.1, -0.05) is 6.07 Å². The van der Waals surface area contributed by atoms with Gasteiger partial charge in [0.2, 0.25) is 0 Å². The average molecular weight is 264 g/mol. The highest BCUT2D eigenvalue weighted by Crippen LogP contribution is 2.21. The summed E-state index contributed by atoms with van der Waals surface area (Å²) >= 11 is 1.49. The number of thioether (sulfide) groups is 1. The van der Waals surface area contributed by atoms with Crippen LogP contribution in [-0.2, 0) is 11.2 Å². The van der Waals surface area contributed by atoms with Crippen molar-refractivity contribution in [3.8, 4) is 0 Å². The molecule has 0 saturated heterocycles. The molecular formula is C13H16N2O2S. The number of carboxylic acids is 1. The molecular weight excluding hydrogens is 248 g/mol. The molecule has 0 bridgehead atoms. The van der Waals surface area contributed by atoms with E-state index in [1.807, 2.05) is 25.1 Å². The van der Waals surface area contributed by atoms with Crippen LogP contribution >= 0.6 is 11.8 Å². The number of benzene rings is 1. The van der Waals surface area contributed by atoms with Crippen LogP contribution in [0.5, 0.6) is 0 Å². The number of carboxylic acid groups (broad SMARTS) is 1. The van der Waals surface area contributed by atoms with Crippen molar-refractivity contribution in [2.75, 3.05) is 5.75 Å². The fraction of sp³-hybridized carbons (Fsp3) is 0.308. The quantitative estimate of drug-likeness (QED) is 0.545. The Kier molecular flexibility index (Phi) is 5.09. The van der Waals surface area contributed by atoms with Gasteiger partial charge in [0.15, 0.2) is 0 Å². The molecule has 0 radical (unpaired) electrons. The van der Waals surface area contributed by atoms with Gasteiger partial charge in [0.05, 0.1) is 12.1 Å². The number of hydrogen-bond acceptors (Lipinski definition) is 4. The molecule has 0 saturated carbocycles. The number of nitrogens with one attached hydrogen (secondary N) is 2. The van der Waals surface area contributed by atoms with Crippen molar-refractivity contribution < 1.29 is 9.90 Å². The first-order valence-electron chi connectivity index (χ1n) is 5.47. The van der Waals surface area contributed by atoms with Gasteiger partial charge in [-0.3, -0.25) is 4.79 Å². The Morgan fingerprint density at radius 3 is 2.56 bits per heavy atom. The lowest BCUT2D eigenvalue weighted by Crippen LogP contribution is -2.10. The normalized spacial score (nSPS) is 10.1. The Bertz CT molecular complexity index is 498. The molecule has 0 atom stereocenters. The Hall–Kier alpha value is -1.62. The summed E-state index contributed by atoms with van der Waals surface area (Å²) in [6, 6.07) is 5.60. The van der Waals surface area contributed by atoms with Gasteiger partial charge < -0.3 is 15.9 Å². The van der Waals surface area contributed by atoms with E-state index in [0.717, 1.165) is 16.0 Å². The van der Waals surface area contributed by atoms with Crippen LogP contribution in [0, 0.1) is 17.7 Å². The third kappa shape index (κ3) is 4.33. The molecule has 0 heterocycles. The second kappa shape index (κ2) is 6.35. The first-order chi connectivity index (χ1) is 8.40. The highest BCUT2D eigenvalue weighted by molar-refractivity contribution is 8.00. The third-order valence-corrected chi connectivity index (χ3v) is 3.51. The van der Waals surface area contributed by atoms with Crippen LogP contribution in [0.2, 0.25) is 0 Å². The molecule has 0 amide bonds. The number of rotatable bonds is 6. The van der Waals surface area contributed by atoms with Crippen LogP contribution in [0.3, 0.4) is 0 Å². The summed E-state index contributed by atoms with van der Waals surface area (Å²) in [5, 5.41) is 23.6. The van der Waals surface area contributed by atoms with Gasteiger partial charge in [-0.2, -0.15) is 0 Å². The zero-order valence-corrected chi connectivity index (χ0v) is 11.2. The highest BCUT2D eigenvalue weighted by atomic mass is 32.2. The van der Waals surface area contributed by atoms with Gasteiger partial charge in [0.1, 0.15) is 0 Å². The zero-order valence-electron chi connectivity index (χ0n) is 10.4. The average Bonchev–Trinajstić information content (AvgIpc) is 2.28. The van der Waals surface area contributed by atoms with Gasteiger partial charge >= 0.3 is 5.97 Å². The van der Waals surface area contributed by atoms with E-state index >= 15 is 0 Å². The SMILES string of the molecule is CC(=N)C(=N)CSc1ccc(CC(=O)O)c(C)c1. The molecule has 1 aromatic rings. The van der Waals surface area contributed by atoms with Crippen LogP contribution in [0.15, 0.2) is 23.1 Å². The minimum absolute atomic E-state index is 0.0339. The van der Waals surface area contributed by atoms with Crippen molar-refractivity contribution in [2.45, 2.75) is 25.2 Å². The maximum absolute atomic E-state index is 10.6. The third-order valence-electron chi connectivity index (χ3n) is 2.49.